The van der Waals surface area contributed by atoms with Crippen LogP contribution in [0.25, 0.3) is 28.2 Å². The monoisotopic (exact) mass is 396 g/mol. The zero-order chi connectivity index (χ0) is 12.4. The van der Waals surface area contributed by atoms with Gasteiger partial charge in [-0.15, -0.1) is 68.0 Å². The van der Waals surface area contributed by atoms with Crippen molar-refractivity contribution < 1.29 is 0 Å². The van der Waals surface area contributed by atoms with Crippen molar-refractivity contribution in [1.29, 1.82) is 0 Å². The van der Waals surface area contributed by atoms with Crippen molar-refractivity contribution in [1.82, 2.24) is 0 Å². The fourth-order valence-corrected chi connectivity index (χ4v) is 10.5. The van der Waals surface area contributed by atoms with Gasteiger partial charge in [-0.05, 0) is 0 Å². The summed E-state index contributed by atoms with van der Waals surface area (Å²) in [5.74, 6) is 0. The van der Waals surface area contributed by atoms with Gasteiger partial charge in [0, 0.05) is 0 Å². The van der Waals surface area contributed by atoms with Gasteiger partial charge in [-0.25, -0.2) is 0 Å². The van der Waals surface area contributed by atoms with Crippen molar-refractivity contribution in [2.75, 3.05) is 0 Å². The van der Waals surface area contributed by atoms with Crippen molar-refractivity contribution in [2.45, 2.75) is 0 Å². The third-order valence-electron chi connectivity index (χ3n) is 2.35. The normalized spacial score (nSPS) is 12.0. The minimum absolute atomic E-state index is 0.979. The Hall–Kier alpha value is 0.810. The Kier molecular flexibility index (Phi) is 3.07. The van der Waals surface area contributed by atoms with Gasteiger partial charge in [0.25, 0.3) is 0 Å². The standard InChI is InChI=1S/C9S9/c10-7-13-1-2(14-7)4-6(18-9(12)17-4)5-3(1)15-8(11)16-5. The first kappa shape index (κ1) is 12.5. The molecule has 4 aromatic rings. The van der Waals surface area contributed by atoms with Crippen LogP contribution in [0.4, 0.5) is 0 Å². The van der Waals surface area contributed by atoms with Crippen LogP contribution in [-0.4, -0.2) is 0 Å². The minimum atomic E-state index is 0.979. The summed E-state index contributed by atoms with van der Waals surface area (Å²) < 4.78 is 10.7. The molecule has 0 atom stereocenters. The molecule has 0 saturated carbocycles. The van der Waals surface area contributed by atoms with Gasteiger partial charge in [0.15, 0.2) is 0 Å². The summed E-state index contributed by atoms with van der Waals surface area (Å²) in [6.45, 7) is 0. The summed E-state index contributed by atoms with van der Waals surface area (Å²) >= 11 is 26.3. The van der Waals surface area contributed by atoms with Gasteiger partial charge in [0.2, 0.25) is 0 Å². The molecule has 9 heteroatoms. The molecular weight excluding hydrogens is 397 g/mol. The first-order chi connectivity index (χ1) is 8.63. The topological polar surface area (TPSA) is 0 Å². The summed E-state index contributed by atoms with van der Waals surface area (Å²) in [5, 5.41) is 0. The van der Waals surface area contributed by atoms with E-state index in [1.807, 2.05) is 0 Å². The smallest absolute Gasteiger partial charge is 0.111 e. The van der Waals surface area contributed by atoms with Crippen molar-refractivity contribution in [2.24, 2.45) is 0 Å². The lowest BCUT2D eigenvalue weighted by molar-refractivity contribution is 2.55. The highest BCUT2D eigenvalue weighted by Gasteiger charge is 2.15. The lowest BCUT2D eigenvalue weighted by Gasteiger charge is -1.93. The van der Waals surface area contributed by atoms with Crippen molar-refractivity contribution in [3.63, 3.8) is 0 Å². The molecule has 0 nitrogen and oxygen atoms in total. The van der Waals surface area contributed by atoms with Gasteiger partial charge in [0.05, 0.1) is 28.2 Å². The van der Waals surface area contributed by atoms with Gasteiger partial charge >= 0.3 is 0 Å². The second-order valence-corrected chi connectivity index (χ2v) is 13.0. The first-order valence-electron chi connectivity index (χ1n) is 4.56. The molecule has 0 aliphatic rings. The number of hydrogen-bond donors (Lipinski definition) is 0. The second-order valence-electron chi connectivity index (χ2n) is 3.34. The van der Waals surface area contributed by atoms with Crippen molar-refractivity contribution in [3.05, 3.63) is 9.41 Å². The Labute approximate surface area is 140 Å². The molecule has 4 rings (SSSR count). The first-order valence-corrected chi connectivity index (χ1v) is 10.7. The molecule has 0 radical (unpaired) electrons. The van der Waals surface area contributed by atoms with E-state index in [4.69, 9.17) is 36.7 Å². The molecule has 3 aromatic heterocycles. The van der Waals surface area contributed by atoms with Crippen LogP contribution in [-0.2, 0) is 0 Å². The average molecular weight is 397 g/mol. The van der Waals surface area contributed by atoms with E-state index in [1.54, 1.807) is 68.0 Å². The van der Waals surface area contributed by atoms with E-state index in [-0.39, 0.29) is 0 Å². The summed E-state index contributed by atoms with van der Waals surface area (Å²) in [7, 11) is 0. The lowest BCUT2D eigenvalue weighted by atomic mass is 10.3. The maximum atomic E-state index is 5.35. The molecule has 0 fully saturated rings. The van der Waals surface area contributed by atoms with E-state index in [0.717, 1.165) is 9.41 Å². The highest BCUT2D eigenvalue weighted by atomic mass is 32.2. The van der Waals surface area contributed by atoms with E-state index in [1.165, 1.54) is 28.2 Å². The van der Waals surface area contributed by atoms with Crippen LogP contribution in [0.3, 0.4) is 0 Å². The molecule has 0 saturated heterocycles. The zero-order valence-electron chi connectivity index (χ0n) is 8.17. The maximum absolute atomic E-state index is 5.35. The fraction of sp³-hybridized carbons (Fsp3) is 0. The lowest BCUT2D eigenvalue weighted by Crippen LogP contribution is -1.63. The summed E-state index contributed by atoms with van der Waals surface area (Å²) in [6, 6.07) is 0. The summed E-state index contributed by atoms with van der Waals surface area (Å²) in [6.07, 6.45) is 0. The van der Waals surface area contributed by atoms with E-state index >= 15 is 0 Å². The molecule has 0 amide bonds. The molecule has 0 bridgehead atoms. The molecule has 0 aliphatic carbocycles. The van der Waals surface area contributed by atoms with Crippen LogP contribution in [0.15, 0.2) is 0 Å². The van der Waals surface area contributed by atoms with Crippen molar-refractivity contribution >= 4 is 133 Å². The molecule has 1 aromatic carbocycles. The largest absolute Gasteiger partial charge is 0.144 e. The predicted molar refractivity (Wildman–Crippen MR) is 98.7 cm³/mol. The predicted octanol–water partition coefficient (Wildman–Crippen LogP) is 7.70. The Bertz CT molecular complexity index is 827. The summed E-state index contributed by atoms with van der Waals surface area (Å²) in [5.41, 5.74) is 0. The fourth-order valence-electron chi connectivity index (χ4n) is 1.74. The van der Waals surface area contributed by atoms with Crippen LogP contribution >= 0.6 is 105 Å². The van der Waals surface area contributed by atoms with Gasteiger partial charge < -0.3 is 0 Å². The van der Waals surface area contributed by atoms with Crippen LogP contribution in [0.5, 0.6) is 0 Å². The molecule has 0 aliphatic heterocycles. The molecule has 0 unspecified atom stereocenters. The zero-order valence-corrected chi connectivity index (χ0v) is 15.5. The molecule has 90 valence electrons. The van der Waals surface area contributed by atoms with Crippen LogP contribution < -0.4 is 0 Å². The van der Waals surface area contributed by atoms with E-state index in [2.05, 4.69) is 0 Å². The molecule has 3 heterocycles. The average Bonchev–Trinajstić information content (AvgIpc) is 2.93. The highest BCUT2D eigenvalue weighted by molar-refractivity contribution is 7.79. The Balaban J connectivity index is 2.56. The van der Waals surface area contributed by atoms with Crippen LogP contribution in [0.2, 0.25) is 0 Å². The van der Waals surface area contributed by atoms with Crippen LogP contribution in [0.1, 0.15) is 0 Å². The Morgan fingerprint density at radius 3 is 0.722 bits per heavy atom. The third kappa shape index (κ3) is 1.76. The minimum Gasteiger partial charge on any atom is -0.111 e. The third-order valence-corrected chi connectivity index (χ3v) is 10.8. The molecular formula is C9S9. The molecule has 0 spiro atoms. The van der Waals surface area contributed by atoms with Crippen molar-refractivity contribution in [3.8, 4) is 0 Å². The number of benzene rings is 1. The maximum Gasteiger partial charge on any atom is 0.144 e. The Morgan fingerprint density at radius 2 is 0.556 bits per heavy atom. The molecule has 0 N–H and O–H groups in total. The van der Waals surface area contributed by atoms with Gasteiger partial charge in [-0.2, -0.15) is 0 Å². The van der Waals surface area contributed by atoms with Gasteiger partial charge in [-0.1, -0.05) is 36.7 Å². The molecule has 18 heavy (non-hydrogen) atoms. The van der Waals surface area contributed by atoms with E-state index in [9.17, 15) is 0 Å². The summed E-state index contributed by atoms with van der Waals surface area (Å²) in [4.78, 5) is 0. The van der Waals surface area contributed by atoms with Gasteiger partial charge in [0.1, 0.15) is 9.41 Å². The quantitative estimate of drug-likeness (QED) is 0.279. The Morgan fingerprint density at radius 1 is 0.389 bits per heavy atom. The van der Waals surface area contributed by atoms with Gasteiger partial charge in [-0.3, -0.25) is 0 Å². The second kappa shape index (κ2) is 4.40. The SMILES string of the molecule is S=c1sc2c3sc(=S)sc3c3sc(=S)sc3c2s1. The van der Waals surface area contributed by atoms with Crippen LogP contribution in [0, 0.1) is 9.41 Å². The number of rotatable bonds is 0. The number of hydrogen-bond acceptors (Lipinski definition) is 9. The van der Waals surface area contributed by atoms with E-state index < -0.39 is 0 Å². The highest BCUT2D eigenvalue weighted by Crippen LogP contribution is 2.49. The van der Waals surface area contributed by atoms with E-state index in [0.29, 0.717) is 0 Å². The number of fused-ring (bicyclic) bond motifs is 6.